The predicted molar refractivity (Wildman–Crippen MR) is 57.2 cm³/mol. The van der Waals surface area contributed by atoms with Crippen LogP contribution in [0.25, 0.3) is 0 Å². The summed E-state index contributed by atoms with van der Waals surface area (Å²) in [5.41, 5.74) is 4.84. The molecule has 0 saturated heterocycles. The molecule has 0 radical (unpaired) electrons. The van der Waals surface area contributed by atoms with Crippen LogP contribution >= 0.6 is 0 Å². The molecular weight excluding hydrogens is 196 g/mol. The van der Waals surface area contributed by atoms with Crippen LogP contribution in [-0.4, -0.2) is 25.2 Å². The summed E-state index contributed by atoms with van der Waals surface area (Å²) in [5.74, 6) is 0.143. The van der Waals surface area contributed by atoms with Crippen LogP contribution in [0.5, 0.6) is 0 Å². The van der Waals surface area contributed by atoms with Gasteiger partial charge in [-0.15, -0.1) is 0 Å². The molecule has 5 heteroatoms. The van der Waals surface area contributed by atoms with E-state index in [9.17, 15) is 9.59 Å². The van der Waals surface area contributed by atoms with Gasteiger partial charge in [0.2, 0.25) is 0 Å². The second kappa shape index (κ2) is 7.09. The largest absolute Gasteiger partial charge is 0.464 e. The van der Waals surface area contributed by atoms with Crippen LogP contribution in [0.3, 0.4) is 0 Å². The smallest absolute Gasteiger partial charge is 0.312 e. The first kappa shape index (κ1) is 13.7. The predicted octanol–water partition coefficient (Wildman–Crippen LogP) is 0.880. The summed E-state index contributed by atoms with van der Waals surface area (Å²) in [6.07, 6.45) is 0.808. The maximum Gasteiger partial charge on any atom is 0.312 e. The topological polar surface area (TPSA) is 81.4 Å². The van der Waals surface area contributed by atoms with Gasteiger partial charge in [0.05, 0.1) is 12.5 Å². The molecule has 15 heavy (non-hydrogen) atoms. The van der Waals surface area contributed by atoms with Gasteiger partial charge in [-0.05, 0) is 12.3 Å². The van der Waals surface area contributed by atoms with Gasteiger partial charge < -0.3 is 15.8 Å². The third-order valence-corrected chi connectivity index (χ3v) is 1.87. The standard InChI is InChI=1S/C10H20N2O3/c1-7(2)6-8(3)9(13)15-5-4-12-10(11)14/h7-8H,4-6H2,1-3H3,(H3,11,12,14). The van der Waals surface area contributed by atoms with Gasteiger partial charge in [0, 0.05) is 0 Å². The Labute approximate surface area is 90.4 Å². The second-order valence-corrected chi connectivity index (χ2v) is 3.99. The minimum atomic E-state index is -0.610. The normalized spacial score (nSPS) is 12.3. The number of hydrogen-bond acceptors (Lipinski definition) is 3. The van der Waals surface area contributed by atoms with Gasteiger partial charge in [0.25, 0.3) is 0 Å². The van der Waals surface area contributed by atoms with Crippen LogP contribution in [0, 0.1) is 11.8 Å². The van der Waals surface area contributed by atoms with Crippen LogP contribution < -0.4 is 11.1 Å². The molecule has 3 N–H and O–H groups in total. The van der Waals surface area contributed by atoms with Crippen molar-refractivity contribution in [2.45, 2.75) is 27.2 Å². The molecule has 0 spiro atoms. The quantitative estimate of drug-likeness (QED) is 0.511. The molecule has 0 aromatic rings. The van der Waals surface area contributed by atoms with Gasteiger partial charge >= 0.3 is 12.0 Å². The number of carbonyl (C=O) groups excluding carboxylic acids is 2. The summed E-state index contributed by atoms with van der Waals surface area (Å²) in [6, 6.07) is -0.610. The summed E-state index contributed by atoms with van der Waals surface area (Å²) in [4.78, 5) is 21.7. The van der Waals surface area contributed by atoms with Crippen molar-refractivity contribution in [1.29, 1.82) is 0 Å². The summed E-state index contributed by atoms with van der Waals surface area (Å²) in [7, 11) is 0. The number of carbonyl (C=O) groups is 2. The Morgan fingerprint density at radius 2 is 1.93 bits per heavy atom. The number of primary amides is 1. The number of nitrogens with one attached hydrogen (secondary N) is 1. The number of hydrogen-bond donors (Lipinski definition) is 2. The minimum absolute atomic E-state index is 0.0985. The zero-order valence-corrected chi connectivity index (χ0v) is 9.58. The van der Waals surface area contributed by atoms with E-state index in [2.05, 4.69) is 19.2 Å². The fraction of sp³-hybridized carbons (Fsp3) is 0.800. The molecule has 0 aromatic heterocycles. The lowest BCUT2D eigenvalue weighted by Crippen LogP contribution is -2.33. The first-order chi connectivity index (χ1) is 6.93. The van der Waals surface area contributed by atoms with Crippen molar-refractivity contribution in [2.75, 3.05) is 13.2 Å². The summed E-state index contributed by atoms with van der Waals surface area (Å²) in [5, 5.41) is 2.34. The lowest BCUT2D eigenvalue weighted by Gasteiger charge is -2.13. The third-order valence-electron chi connectivity index (χ3n) is 1.87. The first-order valence-electron chi connectivity index (χ1n) is 5.13. The molecule has 2 amide bonds. The monoisotopic (exact) mass is 216 g/mol. The van der Waals surface area contributed by atoms with Gasteiger partial charge in [-0.3, -0.25) is 4.79 Å². The van der Waals surface area contributed by atoms with E-state index >= 15 is 0 Å². The Balaban J connectivity index is 3.60. The van der Waals surface area contributed by atoms with E-state index in [0.29, 0.717) is 5.92 Å². The lowest BCUT2D eigenvalue weighted by atomic mass is 9.99. The van der Waals surface area contributed by atoms with Crippen molar-refractivity contribution in [3.05, 3.63) is 0 Å². The van der Waals surface area contributed by atoms with Crippen molar-refractivity contribution in [1.82, 2.24) is 5.32 Å². The Kier molecular flexibility index (Phi) is 6.49. The Morgan fingerprint density at radius 3 is 2.40 bits per heavy atom. The third kappa shape index (κ3) is 7.78. The van der Waals surface area contributed by atoms with E-state index in [1.165, 1.54) is 0 Å². The van der Waals surface area contributed by atoms with Crippen molar-refractivity contribution in [3.63, 3.8) is 0 Å². The summed E-state index contributed by atoms with van der Waals surface area (Å²) < 4.78 is 4.95. The van der Waals surface area contributed by atoms with Crippen molar-refractivity contribution >= 4 is 12.0 Å². The van der Waals surface area contributed by atoms with Gasteiger partial charge in [-0.1, -0.05) is 20.8 Å². The minimum Gasteiger partial charge on any atom is -0.464 e. The molecule has 0 heterocycles. The first-order valence-corrected chi connectivity index (χ1v) is 5.13. The average Bonchev–Trinajstić information content (AvgIpc) is 2.10. The Bertz CT molecular complexity index is 217. The van der Waals surface area contributed by atoms with E-state index in [0.717, 1.165) is 6.42 Å². The lowest BCUT2D eigenvalue weighted by molar-refractivity contribution is -0.148. The average molecular weight is 216 g/mol. The number of urea groups is 1. The molecule has 0 aromatic carbocycles. The highest BCUT2D eigenvalue weighted by molar-refractivity contribution is 5.72. The Hall–Kier alpha value is -1.26. The van der Waals surface area contributed by atoms with Crippen LogP contribution in [0.4, 0.5) is 4.79 Å². The zero-order valence-electron chi connectivity index (χ0n) is 9.58. The molecule has 0 saturated carbocycles. The van der Waals surface area contributed by atoms with E-state index in [4.69, 9.17) is 10.5 Å². The molecule has 0 aliphatic carbocycles. The van der Waals surface area contributed by atoms with Crippen LogP contribution in [0.15, 0.2) is 0 Å². The number of rotatable bonds is 6. The zero-order chi connectivity index (χ0) is 11.8. The number of ether oxygens (including phenoxy) is 1. The van der Waals surface area contributed by atoms with Crippen molar-refractivity contribution < 1.29 is 14.3 Å². The van der Waals surface area contributed by atoms with Gasteiger partial charge in [0.15, 0.2) is 0 Å². The van der Waals surface area contributed by atoms with Crippen LogP contribution in [0.1, 0.15) is 27.2 Å². The highest BCUT2D eigenvalue weighted by atomic mass is 16.5. The van der Waals surface area contributed by atoms with E-state index in [1.54, 1.807) is 0 Å². The van der Waals surface area contributed by atoms with Crippen molar-refractivity contribution in [3.8, 4) is 0 Å². The fourth-order valence-electron chi connectivity index (χ4n) is 1.27. The van der Waals surface area contributed by atoms with Crippen molar-refractivity contribution in [2.24, 2.45) is 17.6 Å². The van der Waals surface area contributed by atoms with Gasteiger partial charge in [0.1, 0.15) is 6.61 Å². The molecule has 1 unspecified atom stereocenters. The SMILES string of the molecule is CC(C)CC(C)C(=O)OCCNC(N)=O. The number of amides is 2. The molecule has 0 rings (SSSR count). The highest BCUT2D eigenvalue weighted by Crippen LogP contribution is 2.11. The Morgan fingerprint density at radius 1 is 1.33 bits per heavy atom. The van der Waals surface area contributed by atoms with Gasteiger partial charge in [-0.25, -0.2) is 4.79 Å². The van der Waals surface area contributed by atoms with Gasteiger partial charge in [-0.2, -0.15) is 0 Å². The van der Waals surface area contributed by atoms with Crippen LogP contribution in [0.2, 0.25) is 0 Å². The number of esters is 1. The molecule has 0 aliphatic heterocycles. The molecule has 0 bridgehead atoms. The molecule has 0 fully saturated rings. The van der Waals surface area contributed by atoms with E-state index < -0.39 is 6.03 Å². The van der Waals surface area contributed by atoms with Crippen LogP contribution in [-0.2, 0) is 9.53 Å². The summed E-state index contributed by atoms with van der Waals surface area (Å²) >= 11 is 0. The molecule has 1 atom stereocenters. The second-order valence-electron chi connectivity index (χ2n) is 3.99. The number of nitrogens with two attached hydrogens (primary N) is 1. The van der Waals surface area contributed by atoms with E-state index in [1.807, 2.05) is 6.92 Å². The maximum atomic E-state index is 11.4. The fourth-order valence-corrected chi connectivity index (χ4v) is 1.27. The summed E-state index contributed by atoms with van der Waals surface area (Å²) in [6.45, 7) is 6.38. The molecule has 0 aliphatic rings. The maximum absolute atomic E-state index is 11.4. The van der Waals surface area contributed by atoms with E-state index in [-0.39, 0.29) is 25.0 Å². The highest BCUT2D eigenvalue weighted by Gasteiger charge is 2.15. The molecule has 5 nitrogen and oxygen atoms in total. The molecule has 88 valence electrons. The molecular formula is C10H20N2O3.